The van der Waals surface area contributed by atoms with Crippen molar-refractivity contribution in [3.63, 3.8) is 0 Å². The van der Waals surface area contributed by atoms with Crippen LogP contribution in [0.5, 0.6) is 0 Å². The van der Waals surface area contributed by atoms with Crippen molar-refractivity contribution in [2.45, 2.75) is 38.6 Å². The minimum Gasteiger partial charge on any atom is -0.336 e. The van der Waals surface area contributed by atoms with Crippen molar-refractivity contribution in [1.29, 1.82) is 0 Å². The molecular weight excluding hydrogens is 270 g/mol. The first kappa shape index (κ1) is 14.8. The van der Waals surface area contributed by atoms with Gasteiger partial charge in [-0.05, 0) is 48.9 Å². The molecule has 0 aromatic heterocycles. The Morgan fingerprint density at radius 1 is 1.00 bits per heavy atom. The molecule has 1 aliphatic rings. The predicted octanol–water partition coefficient (Wildman–Crippen LogP) is 4.76. The molecule has 2 aromatic rings. The second-order valence-corrected chi connectivity index (χ2v) is 6.00. The van der Waals surface area contributed by atoms with Gasteiger partial charge in [0.2, 0.25) is 0 Å². The van der Waals surface area contributed by atoms with Gasteiger partial charge in [-0.25, -0.2) is 0 Å². The number of nitrogens with zero attached hydrogens (tertiary/aromatic N) is 1. The molecule has 0 saturated carbocycles. The van der Waals surface area contributed by atoms with Crippen molar-refractivity contribution in [2.24, 2.45) is 0 Å². The zero-order valence-electron chi connectivity index (χ0n) is 13.2. The van der Waals surface area contributed by atoms with Gasteiger partial charge in [0.05, 0.1) is 0 Å². The topological polar surface area (TPSA) is 20.3 Å². The minimum atomic E-state index is 0.186. The molecular formula is C20H23NO. The molecule has 22 heavy (non-hydrogen) atoms. The Kier molecular flexibility index (Phi) is 4.57. The van der Waals surface area contributed by atoms with E-state index in [-0.39, 0.29) is 5.91 Å². The van der Waals surface area contributed by atoms with Gasteiger partial charge in [0.25, 0.3) is 5.91 Å². The number of rotatable bonds is 3. The number of carbonyl (C=O) groups excluding carboxylic acids is 1. The largest absolute Gasteiger partial charge is 0.336 e. The van der Waals surface area contributed by atoms with Gasteiger partial charge in [0, 0.05) is 18.2 Å². The zero-order chi connectivity index (χ0) is 15.4. The minimum absolute atomic E-state index is 0.186. The number of amides is 1. The van der Waals surface area contributed by atoms with E-state index in [9.17, 15) is 4.79 Å². The van der Waals surface area contributed by atoms with E-state index in [1.807, 2.05) is 42.5 Å². The summed E-state index contributed by atoms with van der Waals surface area (Å²) in [6.07, 6.45) is 4.57. The summed E-state index contributed by atoms with van der Waals surface area (Å²) in [5, 5.41) is 0. The van der Waals surface area contributed by atoms with Gasteiger partial charge >= 0.3 is 0 Å². The first-order valence-electron chi connectivity index (χ1n) is 8.26. The Balaban J connectivity index is 1.79. The van der Waals surface area contributed by atoms with Gasteiger partial charge in [-0.3, -0.25) is 4.79 Å². The van der Waals surface area contributed by atoms with Crippen molar-refractivity contribution in [2.75, 3.05) is 6.54 Å². The first-order chi connectivity index (χ1) is 10.8. The van der Waals surface area contributed by atoms with Crippen LogP contribution in [0.25, 0.3) is 11.1 Å². The summed E-state index contributed by atoms with van der Waals surface area (Å²) in [6, 6.07) is 18.7. The molecule has 114 valence electrons. The SMILES string of the molecule is CCC1CCCCN1C(=O)c1ccc(-c2ccccc2)cc1. The molecule has 1 atom stereocenters. The number of hydrogen-bond acceptors (Lipinski definition) is 1. The van der Waals surface area contributed by atoms with Crippen molar-refractivity contribution in [3.8, 4) is 11.1 Å². The van der Waals surface area contributed by atoms with Crippen molar-refractivity contribution < 1.29 is 4.79 Å². The van der Waals surface area contributed by atoms with Crippen LogP contribution in [-0.4, -0.2) is 23.4 Å². The van der Waals surface area contributed by atoms with Crippen LogP contribution in [-0.2, 0) is 0 Å². The molecule has 0 spiro atoms. The van der Waals surface area contributed by atoms with Crippen LogP contribution in [0.2, 0.25) is 0 Å². The highest BCUT2D eigenvalue weighted by atomic mass is 16.2. The zero-order valence-corrected chi connectivity index (χ0v) is 13.2. The number of carbonyl (C=O) groups is 1. The normalized spacial score (nSPS) is 18.2. The van der Waals surface area contributed by atoms with Crippen molar-refractivity contribution in [1.82, 2.24) is 4.90 Å². The second-order valence-electron chi connectivity index (χ2n) is 6.00. The number of piperidine rings is 1. The molecule has 2 nitrogen and oxygen atoms in total. The fraction of sp³-hybridized carbons (Fsp3) is 0.350. The average Bonchev–Trinajstić information content (AvgIpc) is 2.62. The lowest BCUT2D eigenvalue weighted by molar-refractivity contribution is 0.0608. The fourth-order valence-electron chi connectivity index (χ4n) is 3.29. The summed E-state index contributed by atoms with van der Waals surface area (Å²) in [6.45, 7) is 3.08. The van der Waals surface area contributed by atoms with Crippen LogP contribution < -0.4 is 0 Å². The Morgan fingerprint density at radius 2 is 1.68 bits per heavy atom. The lowest BCUT2D eigenvalue weighted by atomic mass is 9.98. The molecule has 1 amide bonds. The average molecular weight is 293 g/mol. The van der Waals surface area contributed by atoms with Crippen LogP contribution in [0.3, 0.4) is 0 Å². The third-order valence-electron chi connectivity index (χ3n) is 4.60. The van der Waals surface area contributed by atoms with Gasteiger partial charge in [-0.15, -0.1) is 0 Å². The summed E-state index contributed by atoms with van der Waals surface area (Å²) >= 11 is 0. The third kappa shape index (κ3) is 3.06. The van der Waals surface area contributed by atoms with E-state index < -0.39 is 0 Å². The molecule has 0 aliphatic carbocycles. The molecule has 1 fully saturated rings. The van der Waals surface area contributed by atoms with Gasteiger partial charge < -0.3 is 4.90 Å². The highest BCUT2D eigenvalue weighted by molar-refractivity contribution is 5.95. The lowest BCUT2D eigenvalue weighted by Crippen LogP contribution is -2.43. The monoisotopic (exact) mass is 293 g/mol. The summed E-state index contributed by atoms with van der Waals surface area (Å²) in [4.78, 5) is 14.8. The van der Waals surface area contributed by atoms with E-state index in [0.29, 0.717) is 6.04 Å². The van der Waals surface area contributed by atoms with Crippen molar-refractivity contribution >= 4 is 5.91 Å². The van der Waals surface area contributed by atoms with E-state index in [1.165, 1.54) is 12.0 Å². The van der Waals surface area contributed by atoms with E-state index in [2.05, 4.69) is 24.0 Å². The summed E-state index contributed by atoms with van der Waals surface area (Å²) in [5.74, 6) is 0.186. The molecule has 1 saturated heterocycles. The van der Waals surface area contributed by atoms with Crippen LogP contribution in [0, 0.1) is 0 Å². The predicted molar refractivity (Wildman–Crippen MR) is 90.8 cm³/mol. The number of likely N-dealkylation sites (tertiary alicyclic amines) is 1. The maximum absolute atomic E-state index is 12.7. The summed E-state index contributed by atoms with van der Waals surface area (Å²) < 4.78 is 0. The van der Waals surface area contributed by atoms with Crippen LogP contribution in [0.1, 0.15) is 43.0 Å². The molecule has 3 rings (SSSR count). The first-order valence-corrected chi connectivity index (χ1v) is 8.26. The van der Waals surface area contributed by atoms with E-state index in [1.54, 1.807) is 0 Å². The Hall–Kier alpha value is -2.09. The third-order valence-corrected chi connectivity index (χ3v) is 4.60. The molecule has 0 N–H and O–H groups in total. The molecule has 2 aromatic carbocycles. The molecule has 1 aliphatic heterocycles. The Labute approximate surface area is 132 Å². The van der Waals surface area contributed by atoms with Crippen LogP contribution >= 0.6 is 0 Å². The Morgan fingerprint density at radius 3 is 2.36 bits per heavy atom. The standard InChI is InChI=1S/C20H23NO/c1-2-19-10-6-7-15-21(19)20(22)18-13-11-17(12-14-18)16-8-4-3-5-9-16/h3-5,8-9,11-14,19H,2,6-7,10,15H2,1H3. The highest BCUT2D eigenvalue weighted by Crippen LogP contribution is 2.24. The number of hydrogen-bond donors (Lipinski definition) is 0. The molecule has 0 radical (unpaired) electrons. The fourth-order valence-corrected chi connectivity index (χ4v) is 3.29. The molecule has 1 unspecified atom stereocenters. The maximum atomic E-state index is 12.7. The smallest absolute Gasteiger partial charge is 0.254 e. The molecule has 2 heteroatoms. The molecule has 1 heterocycles. The molecule has 0 bridgehead atoms. The lowest BCUT2D eigenvalue weighted by Gasteiger charge is -2.35. The van der Waals surface area contributed by atoms with Gasteiger partial charge in [0.15, 0.2) is 0 Å². The summed E-state index contributed by atoms with van der Waals surface area (Å²) in [7, 11) is 0. The van der Waals surface area contributed by atoms with Crippen LogP contribution in [0.15, 0.2) is 54.6 Å². The van der Waals surface area contributed by atoms with Gasteiger partial charge in [-0.2, -0.15) is 0 Å². The van der Waals surface area contributed by atoms with Crippen molar-refractivity contribution in [3.05, 3.63) is 60.2 Å². The van der Waals surface area contributed by atoms with Gasteiger partial charge in [0.1, 0.15) is 0 Å². The van der Waals surface area contributed by atoms with Crippen LogP contribution in [0.4, 0.5) is 0 Å². The van der Waals surface area contributed by atoms with Gasteiger partial charge in [-0.1, -0.05) is 49.4 Å². The van der Waals surface area contributed by atoms with E-state index >= 15 is 0 Å². The summed E-state index contributed by atoms with van der Waals surface area (Å²) in [5.41, 5.74) is 3.15. The quantitative estimate of drug-likeness (QED) is 0.799. The second kappa shape index (κ2) is 6.78. The highest BCUT2D eigenvalue weighted by Gasteiger charge is 2.25. The number of benzene rings is 2. The van der Waals surface area contributed by atoms with E-state index in [4.69, 9.17) is 0 Å². The van der Waals surface area contributed by atoms with E-state index in [0.717, 1.165) is 36.9 Å². The maximum Gasteiger partial charge on any atom is 0.254 e. The Bertz CT molecular complexity index is 618.